The van der Waals surface area contributed by atoms with Gasteiger partial charge in [-0.15, -0.1) is 0 Å². The van der Waals surface area contributed by atoms with Crippen molar-refractivity contribution in [3.63, 3.8) is 0 Å². The van der Waals surface area contributed by atoms with E-state index in [1.54, 1.807) is 13.0 Å². The van der Waals surface area contributed by atoms with Gasteiger partial charge in [0, 0.05) is 18.3 Å². The largest absolute Gasteiger partial charge is 0.295 e. The molecule has 110 valence electrons. The number of carbonyl (C=O) groups is 1. The van der Waals surface area contributed by atoms with E-state index in [0.29, 0.717) is 12.2 Å². The lowest BCUT2D eigenvalue weighted by molar-refractivity contribution is 0.0216. The predicted octanol–water partition coefficient (Wildman–Crippen LogP) is 0.828. The van der Waals surface area contributed by atoms with Crippen LogP contribution in [-0.2, 0) is 18.0 Å². The van der Waals surface area contributed by atoms with E-state index in [2.05, 4.69) is 15.6 Å². The Balaban J connectivity index is 1.94. The average molecular weight is 288 g/mol. The van der Waals surface area contributed by atoms with Crippen LogP contribution in [0.1, 0.15) is 28.8 Å². The molecule has 2 aromatic rings. The third-order valence-corrected chi connectivity index (χ3v) is 2.73. The van der Waals surface area contributed by atoms with E-state index in [1.165, 1.54) is 16.8 Å². The Bertz CT molecular complexity index is 697. The molecule has 0 unspecified atom stereocenters. The molecule has 21 heavy (non-hydrogen) atoms. The molecule has 0 aliphatic heterocycles. The van der Waals surface area contributed by atoms with Gasteiger partial charge in [-0.05, 0) is 32.0 Å². The standard InChI is InChI=1S/C14H16N4O3/c1-3-18-13(19)8-7-12(16-18)14(20)17-21-9-11-6-4-5-10(2)15-11/h4-8H,3,9H2,1-2H3,(H,17,20). The normalized spacial score (nSPS) is 10.4. The first-order chi connectivity index (χ1) is 10.1. The zero-order valence-corrected chi connectivity index (χ0v) is 11.9. The Labute approximate surface area is 121 Å². The van der Waals surface area contributed by atoms with Crippen LogP contribution in [0.15, 0.2) is 35.1 Å². The van der Waals surface area contributed by atoms with Crippen LogP contribution in [0.2, 0.25) is 0 Å². The lowest BCUT2D eigenvalue weighted by Gasteiger charge is -2.07. The topological polar surface area (TPSA) is 86.1 Å². The van der Waals surface area contributed by atoms with Crippen LogP contribution in [-0.4, -0.2) is 20.7 Å². The SMILES string of the molecule is CCn1nc(C(=O)NOCc2cccc(C)n2)ccc1=O. The Kier molecular flexibility index (Phi) is 4.78. The summed E-state index contributed by atoms with van der Waals surface area (Å²) in [6.45, 7) is 4.20. The van der Waals surface area contributed by atoms with E-state index in [1.807, 2.05) is 19.1 Å². The smallest absolute Gasteiger partial charge is 0.268 e. The average Bonchev–Trinajstić information content (AvgIpc) is 2.47. The van der Waals surface area contributed by atoms with Gasteiger partial charge in [0.05, 0.1) is 5.69 Å². The molecule has 2 rings (SSSR count). The van der Waals surface area contributed by atoms with Crippen LogP contribution in [0.3, 0.4) is 0 Å². The highest BCUT2D eigenvalue weighted by Crippen LogP contribution is 1.99. The van der Waals surface area contributed by atoms with Crippen LogP contribution >= 0.6 is 0 Å². The number of pyridine rings is 1. The fourth-order valence-corrected chi connectivity index (χ4v) is 1.70. The molecule has 0 radical (unpaired) electrons. The van der Waals surface area contributed by atoms with Crippen molar-refractivity contribution in [2.24, 2.45) is 0 Å². The Morgan fingerprint density at radius 3 is 2.86 bits per heavy atom. The first-order valence-corrected chi connectivity index (χ1v) is 6.53. The molecule has 0 aliphatic rings. The van der Waals surface area contributed by atoms with Crippen molar-refractivity contribution >= 4 is 5.91 Å². The van der Waals surface area contributed by atoms with E-state index in [4.69, 9.17) is 4.84 Å². The molecule has 1 amide bonds. The lowest BCUT2D eigenvalue weighted by Crippen LogP contribution is -2.29. The van der Waals surface area contributed by atoms with Crippen molar-refractivity contribution < 1.29 is 9.63 Å². The molecule has 0 atom stereocenters. The minimum atomic E-state index is -0.509. The highest BCUT2D eigenvalue weighted by Gasteiger charge is 2.09. The third kappa shape index (κ3) is 3.96. The maximum Gasteiger partial charge on any atom is 0.295 e. The van der Waals surface area contributed by atoms with Crippen molar-refractivity contribution in [2.45, 2.75) is 27.0 Å². The minimum absolute atomic E-state index is 0.119. The molecule has 0 saturated heterocycles. The molecular weight excluding hydrogens is 272 g/mol. The number of amides is 1. The maximum absolute atomic E-state index is 11.8. The van der Waals surface area contributed by atoms with Gasteiger partial charge in [-0.3, -0.25) is 19.4 Å². The summed E-state index contributed by atoms with van der Waals surface area (Å²) in [7, 11) is 0. The third-order valence-electron chi connectivity index (χ3n) is 2.73. The second-order valence-corrected chi connectivity index (χ2v) is 4.36. The molecule has 7 heteroatoms. The molecule has 0 spiro atoms. The molecule has 2 aromatic heterocycles. The van der Waals surface area contributed by atoms with Crippen molar-refractivity contribution in [1.29, 1.82) is 0 Å². The second kappa shape index (κ2) is 6.76. The Hall–Kier alpha value is -2.54. The van der Waals surface area contributed by atoms with E-state index in [-0.39, 0.29) is 17.9 Å². The molecule has 0 saturated carbocycles. The van der Waals surface area contributed by atoms with Crippen LogP contribution < -0.4 is 11.0 Å². The summed E-state index contributed by atoms with van der Waals surface area (Å²) in [5.74, 6) is -0.509. The fraction of sp³-hybridized carbons (Fsp3) is 0.286. The first-order valence-electron chi connectivity index (χ1n) is 6.53. The molecule has 0 bridgehead atoms. The summed E-state index contributed by atoms with van der Waals surface area (Å²) < 4.78 is 1.21. The summed E-state index contributed by atoms with van der Waals surface area (Å²) in [6, 6.07) is 8.20. The van der Waals surface area contributed by atoms with Crippen LogP contribution in [0.5, 0.6) is 0 Å². The number of carbonyl (C=O) groups excluding carboxylic acids is 1. The Morgan fingerprint density at radius 2 is 2.14 bits per heavy atom. The van der Waals surface area contributed by atoms with Gasteiger partial charge in [0.15, 0.2) is 5.69 Å². The number of rotatable bonds is 5. The summed E-state index contributed by atoms with van der Waals surface area (Å²) >= 11 is 0. The number of nitrogens with one attached hydrogen (secondary N) is 1. The molecule has 0 aromatic carbocycles. The number of aromatic nitrogens is 3. The summed E-state index contributed by atoms with van der Waals surface area (Å²) in [5.41, 5.74) is 3.73. The van der Waals surface area contributed by atoms with Gasteiger partial charge in [0.1, 0.15) is 6.61 Å². The number of hydrogen-bond acceptors (Lipinski definition) is 5. The van der Waals surface area contributed by atoms with Crippen LogP contribution in [0.4, 0.5) is 0 Å². The van der Waals surface area contributed by atoms with Gasteiger partial charge in [-0.25, -0.2) is 10.2 Å². The van der Waals surface area contributed by atoms with E-state index < -0.39 is 5.91 Å². The highest BCUT2D eigenvalue weighted by molar-refractivity contribution is 5.91. The zero-order chi connectivity index (χ0) is 15.2. The van der Waals surface area contributed by atoms with Gasteiger partial charge in [0.2, 0.25) is 0 Å². The quantitative estimate of drug-likeness (QED) is 0.823. The number of hydroxylamine groups is 1. The van der Waals surface area contributed by atoms with Gasteiger partial charge in [0.25, 0.3) is 11.5 Å². The second-order valence-electron chi connectivity index (χ2n) is 4.36. The monoisotopic (exact) mass is 288 g/mol. The zero-order valence-electron chi connectivity index (χ0n) is 11.9. The molecule has 2 heterocycles. The number of aryl methyl sites for hydroxylation is 2. The molecular formula is C14H16N4O3. The Morgan fingerprint density at radius 1 is 1.33 bits per heavy atom. The number of nitrogens with zero attached hydrogens (tertiary/aromatic N) is 3. The van der Waals surface area contributed by atoms with Crippen LogP contribution in [0.25, 0.3) is 0 Å². The molecule has 1 N–H and O–H groups in total. The molecule has 7 nitrogen and oxygen atoms in total. The fourth-order valence-electron chi connectivity index (χ4n) is 1.70. The van der Waals surface area contributed by atoms with Gasteiger partial charge in [-0.1, -0.05) is 6.07 Å². The van der Waals surface area contributed by atoms with Gasteiger partial charge >= 0.3 is 0 Å². The number of hydrogen-bond donors (Lipinski definition) is 1. The van der Waals surface area contributed by atoms with Crippen molar-refractivity contribution in [3.05, 3.63) is 57.8 Å². The van der Waals surface area contributed by atoms with E-state index in [0.717, 1.165) is 5.69 Å². The summed E-state index contributed by atoms with van der Waals surface area (Å²) in [5, 5.41) is 3.93. The van der Waals surface area contributed by atoms with E-state index in [9.17, 15) is 9.59 Å². The van der Waals surface area contributed by atoms with E-state index >= 15 is 0 Å². The molecule has 0 fully saturated rings. The van der Waals surface area contributed by atoms with Gasteiger partial charge < -0.3 is 0 Å². The van der Waals surface area contributed by atoms with Crippen molar-refractivity contribution in [2.75, 3.05) is 0 Å². The van der Waals surface area contributed by atoms with Crippen molar-refractivity contribution in [1.82, 2.24) is 20.2 Å². The first kappa shape index (κ1) is 14.9. The summed E-state index contributed by atoms with van der Waals surface area (Å²) in [6.07, 6.45) is 0. The molecule has 0 aliphatic carbocycles. The summed E-state index contributed by atoms with van der Waals surface area (Å²) in [4.78, 5) is 32.6. The van der Waals surface area contributed by atoms with Crippen molar-refractivity contribution in [3.8, 4) is 0 Å². The maximum atomic E-state index is 11.8. The minimum Gasteiger partial charge on any atom is -0.268 e. The highest BCUT2D eigenvalue weighted by atomic mass is 16.6. The predicted molar refractivity (Wildman–Crippen MR) is 75.4 cm³/mol. The lowest BCUT2D eigenvalue weighted by atomic mass is 10.3. The van der Waals surface area contributed by atoms with Crippen LogP contribution in [0, 0.1) is 6.92 Å². The van der Waals surface area contributed by atoms with Gasteiger partial charge in [-0.2, -0.15) is 5.10 Å².